The minimum absolute atomic E-state index is 0.0932. The Morgan fingerprint density at radius 3 is 1.93 bits per heavy atom. The summed E-state index contributed by atoms with van der Waals surface area (Å²) >= 11 is 0. The van der Waals surface area contributed by atoms with Crippen LogP contribution in [0.25, 0.3) is 0 Å². The molecule has 0 N–H and O–H groups in total. The number of ether oxygens (including phenoxy) is 2. The minimum atomic E-state index is -4.74. The number of hydrogen-bond donors (Lipinski definition) is 0. The van der Waals surface area contributed by atoms with Crippen molar-refractivity contribution >= 4 is 33.3 Å². The minimum Gasteiger partial charge on any atom is -0.462 e. The summed E-state index contributed by atoms with van der Waals surface area (Å²) in [6.07, 6.45) is 13.8. The monoisotopic (exact) mass is 612 g/mol. The second kappa shape index (κ2) is 15.1. The van der Waals surface area contributed by atoms with Gasteiger partial charge < -0.3 is 9.47 Å². The number of rotatable bonds is 12. The maximum atomic E-state index is 14.7. The van der Waals surface area contributed by atoms with Gasteiger partial charge in [-0.3, -0.25) is 9.59 Å². The third kappa shape index (κ3) is 7.54. The highest BCUT2D eigenvalue weighted by molar-refractivity contribution is 7.96. The first-order valence-electron chi connectivity index (χ1n) is 16.0. The van der Waals surface area contributed by atoms with Gasteiger partial charge >= 0.3 is 11.9 Å². The van der Waals surface area contributed by atoms with Gasteiger partial charge in [-0.2, -0.15) is 0 Å². The van der Waals surface area contributed by atoms with Crippen molar-refractivity contribution in [2.24, 2.45) is 0 Å². The van der Waals surface area contributed by atoms with Crippen LogP contribution >= 0.6 is 0 Å². The lowest BCUT2D eigenvalue weighted by Crippen LogP contribution is -2.27. The Kier molecular flexibility index (Phi) is 11.5. The van der Waals surface area contributed by atoms with Crippen LogP contribution in [0.2, 0.25) is 0 Å². The lowest BCUT2D eigenvalue weighted by Gasteiger charge is -2.31. The molecule has 0 amide bonds. The van der Waals surface area contributed by atoms with Gasteiger partial charge in [0.15, 0.2) is 11.6 Å². The van der Waals surface area contributed by atoms with Crippen LogP contribution in [-0.4, -0.2) is 45.1 Å². The Morgan fingerprint density at radius 2 is 1.35 bits per heavy atom. The van der Waals surface area contributed by atoms with Crippen molar-refractivity contribution < 1.29 is 37.1 Å². The molecule has 234 valence electrons. The van der Waals surface area contributed by atoms with Crippen LogP contribution < -0.4 is 0 Å². The van der Waals surface area contributed by atoms with Gasteiger partial charge in [0, 0.05) is 6.08 Å². The van der Waals surface area contributed by atoms with E-state index in [0.717, 1.165) is 82.4 Å². The van der Waals surface area contributed by atoms with E-state index in [1.54, 1.807) is 6.07 Å². The first-order chi connectivity index (χ1) is 20.7. The van der Waals surface area contributed by atoms with Gasteiger partial charge in [-0.1, -0.05) is 65.2 Å². The molecular weight excluding hydrogens is 568 g/mol. The molecule has 3 aliphatic rings. The van der Waals surface area contributed by atoms with Crippen LogP contribution in [0.1, 0.15) is 147 Å². The van der Waals surface area contributed by atoms with Crippen molar-refractivity contribution in [3.8, 4) is 0 Å². The maximum Gasteiger partial charge on any atom is 0.339 e. The van der Waals surface area contributed by atoms with E-state index < -0.39 is 38.2 Å². The third-order valence-corrected chi connectivity index (χ3v) is 10.6. The second-order valence-electron chi connectivity index (χ2n) is 11.9. The highest BCUT2D eigenvalue weighted by Crippen LogP contribution is 2.46. The van der Waals surface area contributed by atoms with Gasteiger partial charge in [0.25, 0.3) is 0 Å². The molecule has 3 aliphatic carbocycles. The van der Waals surface area contributed by atoms with E-state index in [1.807, 2.05) is 13.8 Å². The van der Waals surface area contributed by atoms with Gasteiger partial charge in [-0.25, -0.2) is 18.0 Å². The SMILES string of the molecule is CCCCOC(=O)c1cc(C2CCCCC2)c(C(=O)OCCCC)c(S(=O)(=O)C2=CC(=O)C=CC2=O)c1C1CCCCC1. The molecule has 8 nitrogen and oxygen atoms in total. The summed E-state index contributed by atoms with van der Waals surface area (Å²) in [5.74, 6) is -3.40. The summed E-state index contributed by atoms with van der Waals surface area (Å²) in [6.45, 7) is 4.24. The largest absolute Gasteiger partial charge is 0.462 e. The molecule has 0 atom stereocenters. The predicted octanol–water partition coefficient (Wildman–Crippen LogP) is 7.06. The zero-order valence-corrected chi connectivity index (χ0v) is 26.3. The fraction of sp³-hybridized carbons (Fsp3) is 0.588. The molecule has 1 aromatic rings. The lowest BCUT2D eigenvalue weighted by atomic mass is 9.77. The van der Waals surface area contributed by atoms with Crippen molar-refractivity contribution in [3.05, 3.63) is 51.5 Å². The number of esters is 2. The number of hydrogen-bond acceptors (Lipinski definition) is 8. The van der Waals surface area contributed by atoms with Crippen molar-refractivity contribution in [2.75, 3.05) is 13.2 Å². The van der Waals surface area contributed by atoms with Crippen LogP contribution in [0, 0.1) is 0 Å². The van der Waals surface area contributed by atoms with Gasteiger partial charge in [0.05, 0.1) is 29.2 Å². The first kappa shape index (κ1) is 32.8. The van der Waals surface area contributed by atoms with Crippen LogP contribution in [0.4, 0.5) is 0 Å². The van der Waals surface area contributed by atoms with E-state index in [-0.39, 0.29) is 46.6 Å². The maximum absolute atomic E-state index is 14.7. The standard InChI is InChI=1S/C34H44O8S/c1-3-5-19-41-33(37)27-22-26(23-13-9-7-10-14-23)31(34(38)42-20-6-4-2)32(30(27)24-15-11-8-12-16-24)43(39,40)29-21-25(35)17-18-28(29)36/h17-18,21-24H,3-16,19-20H2,1-2H3. The molecule has 0 bridgehead atoms. The highest BCUT2D eigenvalue weighted by Gasteiger charge is 2.41. The number of allylic oxidation sites excluding steroid dienone is 4. The summed E-state index contributed by atoms with van der Waals surface area (Å²) in [5.41, 5.74) is 0.716. The molecule has 43 heavy (non-hydrogen) atoms. The molecular formula is C34H44O8S. The number of benzene rings is 1. The van der Waals surface area contributed by atoms with Gasteiger partial charge in [0.2, 0.25) is 9.84 Å². The van der Waals surface area contributed by atoms with Crippen molar-refractivity contribution in [2.45, 2.75) is 120 Å². The van der Waals surface area contributed by atoms with Gasteiger partial charge in [-0.05, 0) is 79.7 Å². The number of carbonyl (C=O) groups excluding carboxylic acids is 4. The molecule has 9 heteroatoms. The highest BCUT2D eigenvalue weighted by atomic mass is 32.2. The Labute approximate surface area is 255 Å². The number of sulfone groups is 1. The molecule has 0 aliphatic heterocycles. The normalized spacial score (nSPS) is 18.4. The average Bonchev–Trinajstić information content (AvgIpc) is 3.02. The summed E-state index contributed by atoms with van der Waals surface area (Å²) < 4.78 is 40.8. The van der Waals surface area contributed by atoms with Crippen molar-refractivity contribution in [1.29, 1.82) is 0 Å². The molecule has 0 heterocycles. The third-order valence-electron chi connectivity index (χ3n) is 8.77. The summed E-state index contributed by atoms with van der Waals surface area (Å²) in [5, 5.41) is 0. The van der Waals surface area contributed by atoms with E-state index in [1.165, 1.54) is 0 Å². The van der Waals surface area contributed by atoms with E-state index >= 15 is 0 Å². The van der Waals surface area contributed by atoms with E-state index in [9.17, 15) is 27.6 Å². The first-order valence-corrected chi connectivity index (χ1v) is 17.5. The Hall–Kier alpha value is -3.07. The van der Waals surface area contributed by atoms with E-state index in [0.29, 0.717) is 31.2 Å². The molecule has 2 fully saturated rings. The Morgan fingerprint density at radius 1 is 0.791 bits per heavy atom. The molecule has 2 saturated carbocycles. The van der Waals surface area contributed by atoms with Crippen molar-refractivity contribution in [1.82, 2.24) is 0 Å². The van der Waals surface area contributed by atoms with Crippen LogP contribution in [0.15, 0.2) is 34.1 Å². The molecule has 0 saturated heterocycles. The van der Waals surface area contributed by atoms with Crippen molar-refractivity contribution in [3.63, 3.8) is 0 Å². The zero-order valence-electron chi connectivity index (χ0n) is 25.5. The molecule has 0 spiro atoms. The Bertz CT molecular complexity index is 1390. The van der Waals surface area contributed by atoms with Gasteiger partial charge in [0.1, 0.15) is 4.91 Å². The summed E-state index contributed by atoms with van der Waals surface area (Å²) in [4.78, 5) is 52.2. The van der Waals surface area contributed by atoms with Crippen LogP contribution in [0.3, 0.4) is 0 Å². The molecule has 0 unspecified atom stereocenters. The molecule has 4 rings (SSSR count). The number of unbranched alkanes of at least 4 members (excludes halogenated alkanes) is 2. The van der Waals surface area contributed by atoms with E-state index in [2.05, 4.69) is 0 Å². The fourth-order valence-electron chi connectivity index (χ4n) is 6.46. The van der Waals surface area contributed by atoms with Crippen LogP contribution in [0.5, 0.6) is 0 Å². The second-order valence-corrected chi connectivity index (χ2v) is 13.7. The lowest BCUT2D eigenvalue weighted by molar-refractivity contribution is -0.114. The number of carbonyl (C=O) groups is 4. The van der Waals surface area contributed by atoms with Crippen LogP contribution in [-0.2, 0) is 28.9 Å². The van der Waals surface area contributed by atoms with Gasteiger partial charge in [-0.15, -0.1) is 0 Å². The topological polar surface area (TPSA) is 121 Å². The fourth-order valence-corrected chi connectivity index (χ4v) is 8.32. The number of ketones is 2. The molecule has 1 aromatic carbocycles. The smallest absolute Gasteiger partial charge is 0.339 e. The molecule has 0 radical (unpaired) electrons. The Balaban J connectivity index is 2.08. The quantitative estimate of drug-likeness (QED) is 0.140. The average molecular weight is 613 g/mol. The zero-order chi connectivity index (χ0) is 31.0. The van der Waals surface area contributed by atoms with E-state index in [4.69, 9.17) is 9.47 Å². The summed E-state index contributed by atoms with van der Waals surface area (Å²) in [7, 11) is -4.74. The summed E-state index contributed by atoms with van der Waals surface area (Å²) in [6, 6.07) is 1.69. The predicted molar refractivity (Wildman–Crippen MR) is 163 cm³/mol. The molecule has 0 aromatic heterocycles.